The molecule has 2 aromatic carbocycles. The first kappa shape index (κ1) is 18.8. The maximum absolute atomic E-state index is 12.2. The Labute approximate surface area is 161 Å². The van der Waals surface area contributed by atoms with Gasteiger partial charge in [0.25, 0.3) is 17.7 Å². The number of carbonyl (C=O) groups excluding carboxylic acids is 3. The van der Waals surface area contributed by atoms with Gasteiger partial charge < -0.3 is 4.74 Å². The normalized spacial score (nSPS) is 12.8. The van der Waals surface area contributed by atoms with Crippen molar-refractivity contribution in [1.29, 1.82) is 0 Å². The summed E-state index contributed by atoms with van der Waals surface area (Å²) < 4.78 is 5.34. The van der Waals surface area contributed by atoms with Crippen LogP contribution >= 0.6 is 11.8 Å². The number of carbonyl (C=O) groups is 3. The maximum Gasteiger partial charge on any atom is 0.269 e. The van der Waals surface area contributed by atoms with Crippen LogP contribution in [0.15, 0.2) is 48.5 Å². The molecule has 1 aliphatic rings. The number of para-hydroxylation sites is 2. The highest BCUT2D eigenvalue weighted by atomic mass is 32.2. The third-order valence-corrected chi connectivity index (χ3v) is 4.57. The molecule has 0 unspecified atom stereocenters. The lowest BCUT2D eigenvalue weighted by Crippen LogP contribution is -2.49. The number of hydrazine groups is 1. The van der Waals surface area contributed by atoms with Gasteiger partial charge in [0.15, 0.2) is 6.61 Å². The molecule has 0 spiro atoms. The predicted molar refractivity (Wildman–Crippen MR) is 104 cm³/mol. The largest absolute Gasteiger partial charge is 0.482 e. The minimum absolute atomic E-state index is 0.126. The van der Waals surface area contributed by atoms with Crippen molar-refractivity contribution in [3.05, 3.63) is 59.7 Å². The first-order chi connectivity index (χ1) is 13.1. The number of fused-ring (bicyclic) bond motifs is 1. The third kappa shape index (κ3) is 4.59. The van der Waals surface area contributed by atoms with Crippen LogP contribution < -0.4 is 20.5 Å². The van der Waals surface area contributed by atoms with Gasteiger partial charge in [-0.15, -0.1) is 0 Å². The van der Waals surface area contributed by atoms with E-state index in [1.807, 2.05) is 18.4 Å². The lowest BCUT2D eigenvalue weighted by molar-refractivity contribution is -0.125. The fourth-order valence-corrected chi connectivity index (χ4v) is 3.15. The highest BCUT2D eigenvalue weighted by molar-refractivity contribution is 7.97. The standard InChI is InChI=1S/C19H19N3O4S/c1-27-12-13-6-8-14(9-7-13)19(25)21-20-17(23)10-22-15-4-2-3-5-16(15)26-11-18(22)24/h2-9H,10-12H2,1H3,(H,20,23)(H,21,25). The van der Waals surface area contributed by atoms with E-state index in [4.69, 9.17) is 4.74 Å². The monoisotopic (exact) mass is 385 g/mol. The van der Waals surface area contributed by atoms with Gasteiger partial charge in [0.1, 0.15) is 12.3 Å². The van der Waals surface area contributed by atoms with Gasteiger partial charge in [0.2, 0.25) is 0 Å². The first-order valence-electron chi connectivity index (χ1n) is 8.27. The van der Waals surface area contributed by atoms with Gasteiger partial charge in [0, 0.05) is 11.3 Å². The summed E-state index contributed by atoms with van der Waals surface area (Å²) in [7, 11) is 0. The van der Waals surface area contributed by atoms with E-state index in [0.29, 0.717) is 17.0 Å². The molecule has 3 amide bonds. The first-order valence-corrected chi connectivity index (χ1v) is 9.67. The van der Waals surface area contributed by atoms with Crippen molar-refractivity contribution >= 4 is 35.2 Å². The third-order valence-electron chi connectivity index (χ3n) is 3.95. The second kappa shape index (κ2) is 8.59. The highest BCUT2D eigenvalue weighted by Crippen LogP contribution is 2.31. The highest BCUT2D eigenvalue weighted by Gasteiger charge is 2.27. The maximum atomic E-state index is 12.2. The minimum Gasteiger partial charge on any atom is -0.482 e. The molecule has 0 bridgehead atoms. The van der Waals surface area contributed by atoms with Gasteiger partial charge in [-0.25, -0.2) is 0 Å². The van der Waals surface area contributed by atoms with Crippen LogP contribution in [-0.4, -0.2) is 37.1 Å². The molecule has 1 aliphatic heterocycles. The van der Waals surface area contributed by atoms with E-state index >= 15 is 0 Å². The van der Waals surface area contributed by atoms with Gasteiger partial charge in [-0.2, -0.15) is 11.8 Å². The van der Waals surface area contributed by atoms with Crippen LogP contribution in [0.2, 0.25) is 0 Å². The minimum atomic E-state index is -0.507. The van der Waals surface area contributed by atoms with Crippen LogP contribution in [0.4, 0.5) is 5.69 Å². The summed E-state index contributed by atoms with van der Waals surface area (Å²) in [6.45, 7) is -0.342. The predicted octanol–water partition coefficient (Wildman–Crippen LogP) is 1.74. The van der Waals surface area contributed by atoms with E-state index < -0.39 is 11.8 Å². The van der Waals surface area contributed by atoms with Crippen molar-refractivity contribution in [1.82, 2.24) is 10.9 Å². The molecule has 0 fully saturated rings. The van der Waals surface area contributed by atoms with Crippen molar-refractivity contribution in [2.45, 2.75) is 5.75 Å². The van der Waals surface area contributed by atoms with Crippen molar-refractivity contribution in [2.24, 2.45) is 0 Å². The van der Waals surface area contributed by atoms with Crippen molar-refractivity contribution in [2.75, 3.05) is 24.3 Å². The molecule has 0 saturated heterocycles. The molecular formula is C19H19N3O4S. The lowest BCUT2D eigenvalue weighted by Gasteiger charge is -2.28. The van der Waals surface area contributed by atoms with Crippen LogP contribution in [0.1, 0.15) is 15.9 Å². The average Bonchev–Trinajstić information content (AvgIpc) is 2.69. The number of thioether (sulfide) groups is 1. The molecular weight excluding hydrogens is 366 g/mol. The zero-order chi connectivity index (χ0) is 19.2. The Bertz CT molecular complexity index is 854. The van der Waals surface area contributed by atoms with Gasteiger partial charge in [0.05, 0.1) is 5.69 Å². The quantitative estimate of drug-likeness (QED) is 0.766. The Morgan fingerprint density at radius 1 is 1.11 bits per heavy atom. The van der Waals surface area contributed by atoms with Gasteiger partial charge in [-0.1, -0.05) is 24.3 Å². The summed E-state index contributed by atoms with van der Waals surface area (Å²) in [6.07, 6.45) is 2.01. The number of rotatable bonds is 5. The number of hydrogen-bond acceptors (Lipinski definition) is 5. The Kier molecular flexibility index (Phi) is 5.97. The van der Waals surface area contributed by atoms with Crippen LogP contribution in [0.3, 0.4) is 0 Å². The number of benzene rings is 2. The SMILES string of the molecule is CSCc1ccc(C(=O)NNC(=O)CN2C(=O)COc3ccccc32)cc1. The number of amides is 3. The molecule has 3 rings (SSSR count). The van der Waals surface area contributed by atoms with Crippen molar-refractivity contribution in [3.8, 4) is 5.75 Å². The van der Waals surface area contributed by atoms with E-state index in [1.54, 1.807) is 48.2 Å². The van der Waals surface area contributed by atoms with Crippen molar-refractivity contribution < 1.29 is 19.1 Å². The second-order valence-corrected chi connectivity index (χ2v) is 6.73. The zero-order valence-electron chi connectivity index (χ0n) is 14.7. The molecule has 0 aliphatic carbocycles. The van der Waals surface area contributed by atoms with Gasteiger partial charge in [-0.05, 0) is 36.1 Å². The Morgan fingerprint density at radius 3 is 2.59 bits per heavy atom. The second-order valence-electron chi connectivity index (χ2n) is 5.87. The molecule has 0 radical (unpaired) electrons. The summed E-state index contributed by atoms with van der Waals surface area (Å²) in [5, 5.41) is 0. The number of anilines is 1. The number of nitrogens with zero attached hydrogens (tertiary/aromatic N) is 1. The molecule has 27 heavy (non-hydrogen) atoms. The van der Waals surface area contributed by atoms with Gasteiger partial charge >= 0.3 is 0 Å². The van der Waals surface area contributed by atoms with E-state index in [9.17, 15) is 14.4 Å². The lowest BCUT2D eigenvalue weighted by atomic mass is 10.1. The molecule has 0 saturated carbocycles. The van der Waals surface area contributed by atoms with E-state index in [1.165, 1.54) is 4.90 Å². The summed E-state index contributed by atoms with van der Waals surface area (Å²) in [5.41, 5.74) is 6.79. The van der Waals surface area contributed by atoms with Crippen molar-refractivity contribution in [3.63, 3.8) is 0 Å². The Balaban J connectivity index is 1.56. The zero-order valence-corrected chi connectivity index (χ0v) is 15.5. The topological polar surface area (TPSA) is 87.7 Å². The van der Waals surface area contributed by atoms with Crippen LogP contribution in [0.25, 0.3) is 0 Å². The molecule has 0 atom stereocenters. The van der Waals surface area contributed by atoms with E-state index in [-0.39, 0.29) is 19.1 Å². The smallest absolute Gasteiger partial charge is 0.269 e. The van der Waals surface area contributed by atoms with Crippen LogP contribution in [-0.2, 0) is 15.3 Å². The molecule has 140 valence electrons. The molecule has 7 nitrogen and oxygen atoms in total. The Hall–Kier alpha value is -3.00. The fourth-order valence-electron chi connectivity index (χ4n) is 2.63. The molecule has 1 heterocycles. The van der Waals surface area contributed by atoms with Crippen LogP contribution in [0, 0.1) is 0 Å². The molecule has 2 N–H and O–H groups in total. The molecule has 8 heteroatoms. The Morgan fingerprint density at radius 2 is 1.85 bits per heavy atom. The average molecular weight is 385 g/mol. The number of ether oxygens (including phenoxy) is 1. The van der Waals surface area contributed by atoms with Crippen LogP contribution in [0.5, 0.6) is 5.75 Å². The fraction of sp³-hybridized carbons (Fsp3) is 0.211. The molecule has 2 aromatic rings. The number of hydrogen-bond donors (Lipinski definition) is 2. The van der Waals surface area contributed by atoms with E-state index in [2.05, 4.69) is 10.9 Å². The van der Waals surface area contributed by atoms with Gasteiger partial charge in [-0.3, -0.25) is 30.1 Å². The summed E-state index contributed by atoms with van der Waals surface area (Å²) >= 11 is 1.70. The van der Waals surface area contributed by atoms with E-state index in [0.717, 1.165) is 11.3 Å². The number of nitrogens with one attached hydrogen (secondary N) is 2. The summed E-state index contributed by atoms with van der Waals surface area (Å²) in [5.74, 6) is 0.159. The summed E-state index contributed by atoms with van der Waals surface area (Å²) in [6, 6.07) is 14.1. The summed E-state index contributed by atoms with van der Waals surface area (Å²) in [4.78, 5) is 37.7. The molecule has 0 aromatic heterocycles.